The predicted molar refractivity (Wildman–Crippen MR) is 79.8 cm³/mol. The molecule has 0 saturated carbocycles. The summed E-state index contributed by atoms with van der Waals surface area (Å²) in [6.07, 6.45) is 0. The Labute approximate surface area is 132 Å². The molecule has 0 unspecified atom stereocenters. The van der Waals surface area contributed by atoms with Crippen LogP contribution < -0.4 is 0 Å². The fourth-order valence-electron chi connectivity index (χ4n) is 1.90. The second-order valence-corrected chi connectivity index (χ2v) is 5.35. The number of hydrogen-bond acceptors (Lipinski definition) is 4. The molecule has 0 aliphatic carbocycles. The zero-order chi connectivity index (χ0) is 15.7. The Kier molecular flexibility index (Phi) is 3.72. The highest BCUT2D eigenvalue weighted by molar-refractivity contribution is 9.10. The number of carboxylic acid groups (broad SMARTS) is 1. The maximum absolute atomic E-state index is 13.9. The first-order valence-electron chi connectivity index (χ1n) is 6.17. The molecule has 22 heavy (non-hydrogen) atoms. The van der Waals surface area contributed by atoms with E-state index in [-0.39, 0.29) is 22.8 Å². The summed E-state index contributed by atoms with van der Waals surface area (Å²) in [5.74, 6) is -1.32. The summed E-state index contributed by atoms with van der Waals surface area (Å²) in [6, 6.07) is 10.6. The van der Waals surface area contributed by atoms with Gasteiger partial charge < -0.3 is 9.63 Å². The highest BCUT2D eigenvalue weighted by Crippen LogP contribution is 2.26. The normalized spacial score (nSPS) is 10.6. The molecule has 0 saturated heterocycles. The van der Waals surface area contributed by atoms with E-state index in [9.17, 15) is 9.18 Å². The lowest BCUT2D eigenvalue weighted by Gasteiger charge is -1.98. The third-order valence-corrected chi connectivity index (χ3v) is 3.45. The Morgan fingerprint density at radius 3 is 2.77 bits per heavy atom. The third kappa shape index (κ3) is 2.75. The summed E-state index contributed by atoms with van der Waals surface area (Å²) >= 11 is 3.17. The molecule has 1 heterocycles. The maximum atomic E-state index is 13.9. The molecule has 0 fully saturated rings. The van der Waals surface area contributed by atoms with Crippen LogP contribution in [0.5, 0.6) is 0 Å². The molecule has 3 aromatic rings. The minimum Gasteiger partial charge on any atom is -0.478 e. The van der Waals surface area contributed by atoms with Crippen LogP contribution in [0, 0.1) is 5.82 Å². The molecular weight excluding hydrogens is 355 g/mol. The molecular formula is C15H8BrFN2O3. The van der Waals surface area contributed by atoms with Crippen molar-refractivity contribution >= 4 is 21.9 Å². The molecule has 7 heteroatoms. The largest absolute Gasteiger partial charge is 0.478 e. The number of benzene rings is 2. The van der Waals surface area contributed by atoms with Crippen molar-refractivity contribution in [2.75, 3.05) is 0 Å². The van der Waals surface area contributed by atoms with Crippen molar-refractivity contribution in [3.8, 4) is 22.8 Å². The van der Waals surface area contributed by atoms with Crippen LogP contribution in [0.4, 0.5) is 4.39 Å². The van der Waals surface area contributed by atoms with E-state index in [1.807, 2.05) is 0 Å². The van der Waals surface area contributed by atoms with Gasteiger partial charge >= 0.3 is 5.97 Å². The second kappa shape index (κ2) is 5.69. The number of aromatic nitrogens is 2. The molecule has 0 atom stereocenters. The highest BCUT2D eigenvalue weighted by atomic mass is 79.9. The predicted octanol–water partition coefficient (Wildman–Crippen LogP) is 4.00. The summed E-state index contributed by atoms with van der Waals surface area (Å²) in [4.78, 5) is 15.1. The Balaban J connectivity index is 2.00. The van der Waals surface area contributed by atoms with Gasteiger partial charge in [-0.25, -0.2) is 9.18 Å². The monoisotopic (exact) mass is 362 g/mol. The fraction of sp³-hybridized carbons (Fsp3) is 0. The van der Waals surface area contributed by atoms with Crippen molar-refractivity contribution in [3.63, 3.8) is 0 Å². The number of hydrogen-bond donors (Lipinski definition) is 1. The molecule has 0 amide bonds. The summed E-state index contributed by atoms with van der Waals surface area (Å²) in [6.45, 7) is 0. The first-order chi connectivity index (χ1) is 10.5. The minimum absolute atomic E-state index is 0.0285. The number of rotatable bonds is 3. The summed E-state index contributed by atoms with van der Waals surface area (Å²) in [5.41, 5.74) is 0.766. The van der Waals surface area contributed by atoms with E-state index in [1.165, 1.54) is 24.3 Å². The smallest absolute Gasteiger partial charge is 0.335 e. The van der Waals surface area contributed by atoms with Crippen molar-refractivity contribution in [1.29, 1.82) is 0 Å². The fourth-order valence-corrected chi connectivity index (χ4v) is 2.24. The van der Waals surface area contributed by atoms with E-state index in [0.717, 1.165) is 0 Å². The van der Waals surface area contributed by atoms with Gasteiger partial charge in [-0.15, -0.1) is 0 Å². The molecule has 0 aliphatic heterocycles. The van der Waals surface area contributed by atoms with Crippen molar-refractivity contribution in [3.05, 3.63) is 58.3 Å². The van der Waals surface area contributed by atoms with Crippen molar-refractivity contribution in [2.24, 2.45) is 0 Å². The van der Waals surface area contributed by atoms with E-state index in [0.29, 0.717) is 10.0 Å². The molecule has 0 aliphatic rings. The average molecular weight is 363 g/mol. The van der Waals surface area contributed by atoms with Crippen LogP contribution in [0.25, 0.3) is 22.8 Å². The van der Waals surface area contributed by atoms with Gasteiger partial charge in [0.05, 0.1) is 11.1 Å². The average Bonchev–Trinajstić information content (AvgIpc) is 2.97. The SMILES string of the molecule is O=C(O)c1cccc(-c2noc(-c3ccc(Br)cc3F)n2)c1. The molecule has 2 aromatic carbocycles. The Morgan fingerprint density at radius 1 is 1.23 bits per heavy atom. The maximum Gasteiger partial charge on any atom is 0.335 e. The molecule has 5 nitrogen and oxygen atoms in total. The Hall–Kier alpha value is -2.54. The molecule has 1 N–H and O–H groups in total. The highest BCUT2D eigenvalue weighted by Gasteiger charge is 2.15. The van der Waals surface area contributed by atoms with Gasteiger partial charge in [-0.3, -0.25) is 0 Å². The molecule has 110 valence electrons. The van der Waals surface area contributed by atoms with Gasteiger partial charge in [0.1, 0.15) is 5.82 Å². The van der Waals surface area contributed by atoms with Crippen molar-refractivity contribution < 1.29 is 18.8 Å². The minimum atomic E-state index is -1.05. The first kappa shape index (κ1) is 14.4. The van der Waals surface area contributed by atoms with E-state index < -0.39 is 11.8 Å². The quantitative estimate of drug-likeness (QED) is 0.761. The van der Waals surface area contributed by atoms with Crippen LogP contribution in [-0.4, -0.2) is 21.2 Å². The zero-order valence-electron chi connectivity index (χ0n) is 11.0. The van der Waals surface area contributed by atoms with Gasteiger partial charge in [0.25, 0.3) is 5.89 Å². The van der Waals surface area contributed by atoms with Gasteiger partial charge in [0.15, 0.2) is 0 Å². The summed E-state index contributed by atoms with van der Waals surface area (Å²) in [5, 5.41) is 12.8. The Bertz CT molecular complexity index is 863. The molecule has 3 rings (SSSR count). The van der Waals surface area contributed by atoms with Gasteiger partial charge in [0, 0.05) is 10.0 Å². The number of halogens is 2. The van der Waals surface area contributed by atoms with Crippen LogP contribution >= 0.6 is 15.9 Å². The molecule has 0 spiro atoms. The number of nitrogens with zero attached hydrogens (tertiary/aromatic N) is 2. The first-order valence-corrected chi connectivity index (χ1v) is 6.97. The standard InChI is InChI=1S/C15H8BrFN2O3/c16-10-4-5-11(12(17)7-10)14-18-13(19-22-14)8-2-1-3-9(6-8)15(20)21/h1-7H,(H,20,21). The number of carboxylic acids is 1. The molecule has 0 bridgehead atoms. The Morgan fingerprint density at radius 2 is 2.05 bits per heavy atom. The van der Waals surface area contributed by atoms with Crippen LogP contribution in [0.2, 0.25) is 0 Å². The topological polar surface area (TPSA) is 76.2 Å². The van der Waals surface area contributed by atoms with Crippen LogP contribution in [-0.2, 0) is 0 Å². The van der Waals surface area contributed by atoms with E-state index in [4.69, 9.17) is 9.63 Å². The van der Waals surface area contributed by atoms with Crippen LogP contribution in [0.15, 0.2) is 51.5 Å². The number of aromatic carboxylic acids is 1. The zero-order valence-corrected chi connectivity index (χ0v) is 12.5. The second-order valence-electron chi connectivity index (χ2n) is 4.43. The van der Waals surface area contributed by atoms with Gasteiger partial charge in [-0.2, -0.15) is 4.98 Å². The van der Waals surface area contributed by atoms with Gasteiger partial charge in [0.2, 0.25) is 5.82 Å². The lowest BCUT2D eigenvalue weighted by Crippen LogP contribution is -1.96. The van der Waals surface area contributed by atoms with Crippen LogP contribution in [0.3, 0.4) is 0 Å². The van der Waals surface area contributed by atoms with E-state index in [1.54, 1.807) is 18.2 Å². The lowest BCUT2D eigenvalue weighted by molar-refractivity contribution is 0.0697. The van der Waals surface area contributed by atoms with E-state index in [2.05, 4.69) is 26.1 Å². The third-order valence-electron chi connectivity index (χ3n) is 2.96. The van der Waals surface area contributed by atoms with Gasteiger partial charge in [-0.05, 0) is 30.3 Å². The summed E-state index contributed by atoms with van der Waals surface area (Å²) in [7, 11) is 0. The van der Waals surface area contributed by atoms with Crippen LogP contribution in [0.1, 0.15) is 10.4 Å². The number of carbonyl (C=O) groups is 1. The summed E-state index contributed by atoms with van der Waals surface area (Å²) < 4.78 is 19.5. The van der Waals surface area contributed by atoms with Crippen molar-refractivity contribution in [1.82, 2.24) is 10.1 Å². The lowest BCUT2D eigenvalue weighted by atomic mass is 10.1. The molecule has 1 aromatic heterocycles. The molecule has 0 radical (unpaired) electrons. The van der Waals surface area contributed by atoms with E-state index >= 15 is 0 Å². The van der Waals surface area contributed by atoms with Crippen molar-refractivity contribution in [2.45, 2.75) is 0 Å². The van der Waals surface area contributed by atoms with Gasteiger partial charge in [-0.1, -0.05) is 33.2 Å².